The largest absolute Gasteiger partial charge is 0.507 e. The lowest BCUT2D eigenvalue weighted by Gasteiger charge is -2.27. The lowest BCUT2D eigenvalue weighted by Crippen LogP contribution is -2.38. The molecule has 7 heteroatoms. The Bertz CT molecular complexity index is 653. The molecule has 0 aliphatic carbocycles. The summed E-state index contributed by atoms with van der Waals surface area (Å²) in [5.74, 6) is -1.60. The van der Waals surface area contributed by atoms with Crippen LogP contribution in [0.2, 0.25) is 0 Å². The first-order valence-electron chi connectivity index (χ1n) is 6.83. The Balaban J connectivity index is 2.45. The molecule has 1 heterocycles. The second kappa shape index (κ2) is 5.65. The van der Waals surface area contributed by atoms with Gasteiger partial charge in [0, 0.05) is 12.6 Å². The first-order valence-corrected chi connectivity index (χ1v) is 8.27. The quantitative estimate of drug-likeness (QED) is 0.885. The SMILES string of the molecule is CC(C)C1CCCN1S(=O)(=O)c1ccc(O)c(C(=O)O)c1. The topological polar surface area (TPSA) is 94.9 Å². The van der Waals surface area contributed by atoms with E-state index in [0.717, 1.165) is 25.0 Å². The van der Waals surface area contributed by atoms with E-state index < -0.39 is 27.3 Å². The highest BCUT2D eigenvalue weighted by atomic mass is 32.2. The van der Waals surface area contributed by atoms with Gasteiger partial charge in [0.15, 0.2) is 0 Å². The normalized spacial score (nSPS) is 20.0. The minimum atomic E-state index is -3.75. The number of carbonyl (C=O) groups is 1. The van der Waals surface area contributed by atoms with E-state index in [9.17, 15) is 18.3 Å². The summed E-state index contributed by atoms with van der Waals surface area (Å²) < 4.78 is 26.8. The molecule has 1 fully saturated rings. The number of aromatic carboxylic acids is 1. The summed E-state index contributed by atoms with van der Waals surface area (Å²) >= 11 is 0. The summed E-state index contributed by atoms with van der Waals surface area (Å²) in [5, 5.41) is 18.5. The van der Waals surface area contributed by atoms with Gasteiger partial charge in [-0.2, -0.15) is 4.31 Å². The van der Waals surface area contributed by atoms with Crippen LogP contribution in [0.4, 0.5) is 0 Å². The number of hydrogen-bond donors (Lipinski definition) is 2. The van der Waals surface area contributed by atoms with Crippen molar-refractivity contribution < 1.29 is 23.4 Å². The Morgan fingerprint density at radius 1 is 1.38 bits per heavy atom. The fraction of sp³-hybridized carbons (Fsp3) is 0.500. The summed E-state index contributed by atoms with van der Waals surface area (Å²) in [6.07, 6.45) is 1.60. The minimum Gasteiger partial charge on any atom is -0.507 e. The maximum Gasteiger partial charge on any atom is 0.339 e. The molecule has 0 amide bonds. The molecule has 1 unspecified atom stereocenters. The van der Waals surface area contributed by atoms with Crippen LogP contribution in [0.5, 0.6) is 5.75 Å². The molecule has 6 nitrogen and oxygen atoms in total. The van der Waals surface area contributed by atoms with Gasteiger partial charge in [0.25, 0.3) is 0 Å². The number of rotatable bonds is 4. The lowest BCUT2D eigenvalue weighted by atomic mass is 10.0. The molecule has 2 N–H and O–H groups in total. The Kier molecular flexibility index (Phi) is 4.25. The molecule has 1 atom stereocenters. The van der Waals surface area contributed by atoms with Gasteiger partial charge >= 0.3 is 5.97 Å². The molecule has 1 aromatic carbocycles. The predicted octanol–water partition coefficient (Wildman–Crippen LogP) is 1.90. The number of carboxylic acids is 1. The van der Waals surface area contributed by atoms with Crippen molar-refractivity contribution in [3.63, 3.8) is 0 Å². The van der Waals surface area contributed by atoms with E-state index in [1.807, 2.05) is 13.8 Å². The first-order chi connectivity index (χ1) is 9.75. The van der Waals surface area contributed by atoms with Crippen molar-refractivity contribution in [3.8, 4) is 5.75 Å². The predicted molar refractivity (Wildman–Crippen MR) is 76.8 cm³/mol. The van der Waals surface area contributed by atoms with Crippen molar-refractivity contribution >= 4 is 16.0 Å². The highest BCUT2D eigenvalue weighted by molar-refractivity contribution is 7.89. The van der Waals surface area contributed by atoms with Crippen LogP contribution in [0.3, 0.4) is 0 Å². The van der Waals surface area contributed by atoms with Crippen LogP contribution >= 0.6 is 0 Å². The molecule has 116 valence electrons. The fourth-order valence-electron chi connectivity index (χ4n) is 2.71. The Hall–Kier alpha value is -1.60. The number of aromatic hydroxyl groups is 1. The smallest absolute Gasteiger partial charge is 0.339 e. The molecule has 0 saturated carbocycles. The summed E-state index contributed by atoms with van der Waals surface area (Å²) in [4.78, 5) is 10.9. The zero-order valence-corrected chi connectivity index (χ0v) is 12.8. The van der Waals surface area contributed by atoms with Crippen LogP contribution < -0.4 is 0 Å². The monoisotopic (exact) mass is 313 g/mol. The molecule has 0 spiro atoms. The molecule has 1 aliphatic heterocycles. The zero-order chi connectivity index (χ0) is 15.8. The summed E-state index contributed by atoms with van der Waals surface area (Å²) in [6.45, 7) is 4.38. The van der Waals surface area contributed by atoms with E-state index in [2.05, 4.69) is 0 Å². The summed E-state index contributed by atoms with van der Waals surface area (Å²) in [7, 11) is -3.75. The van der Waals surface area contributed by atoms with Crippen molar-refractivity contribution in [2.75, 3.05) is 6.54 Å². The van der Waals surface area contributed by atoms with Crippen LogP contribution in [0, 0.1) is 5.92 Å². The van der Waals surface area contributed by atoms with Crippen molar-refractivity contribution in [1.82, 2.24) is 4.31 Å². The maximum atomic E-state index is 12.7. The number of carboxylic acid groups (broad SMARTS) is 1. The maximum absolute atomic E-state index is 12.7. The van der Waals surface area contributed by atoms with E-state index in [4.69, 9.17) is 5.11 Å². The number of sulfonamides is 1. The molecule has 0 aromatic heterocycles. The zero-order valence-electron chi connectivity index (χ0n) is 12.0. The number of hydrogen-bond acceptors (Lipinski definition) is 4. The third-order valence-electron chi connectivity index (χ3n) is 3.82. The minimum absolute atomic E-state index is 0.0721. The molecule has 21 heavy (non-hydrogen) atoms. The van der Waals surface area contributed by atoms with Crippen molar-refractivity contribution in [2.45, 2.75) is 37.6 Å². The highest BCUT2D eigenvalue weighted by Gasteiger charge is 2.37. The van der Waals surface area contributed by atoms with Gasteiger partial charge < -0.3 is 10.2 Å². The van der Waals surface area contributed by atoms with E-state index in [1.54, 1.807) is 0 Å². The van der Waals surface area contributed by atoms with Crippen LogP contribution in [-0.2, 0) is 10.0 Å². The number of nitrogens with zero attached hydrogens (tertiary/aromatic N) is 1. The van der Waals surface area contributed by atoms with E-state index in [-0.39, 0.29) is 16.9 Å². The molecule has 1 aromatic rings. The van der Waals surface area contributed by atoms with Crippen LogP contribution in [0.25, 0.3) is 0 Å². The van der Waals surface area contributed by atoms with Gasteiger partial charge in [0.2, 0.25) is 10.0 Å². The first kappa shape index (κ1) is 15.8. The van der Waals surface area contributed by atoms with Gasteiger partial charge in [0.1, 0.15) is 11.3 Å². The Morgan fingerprint density at radius 3 is 2.62 bits per heavy atom. The second-order valence-electron chi connectivity index (χ2n) is 5.55. The molecule has 1 aliphatic rings. The third-order valence-corrected chi connectivity index (χ3v) is 5.74. The van der Waals surface area contributed by atoms with Gasteiger partial charge in [-0.05, 0) is 37.0 Å². The number of phenols is 1. The van der Waals surface area contributed by atoms with Crippen molar-refractivity contribution in [2.24, 2.45) is 5.92 Å². The molecule has 0 bridgehead atoms. The van der Waals surface area contributed by atoms with Gasteiger partial charge in [-0.15, -0.1) is 0 Å². The molecule has 2 rings (SSSR count). The lowest BCUT2D eigenvalue weighted by molar-refractivity contribution is 0.0693. The van der Waals surface area contributed by atoms with Crippen LogP contribution in [0.1, 0.15) is 37.0 Å². The van der Waals surface area contributed by atoms with Crippen LogP contribution in [-0.4, -0.2) is 41.5 Å². The molecular formula is C14H19NO5S. The van der Waals surface area contributed by atoms with Gasteiger partial charge in [-0.3, -0.25) is 0 Å². The average molecular weight is 313 g/mol. The summed E-state index contributed by atoms with van der Waals surface area (Å²) in [5.41, 5.74) is -0.406. The standard InChI is InChI=1S/C14H19NO5S/c1-9(2)12-4-3-7-15(12)21(19,20)10-5-6-13(16)11(8-10)14(17)18/h5-6,8-9,12,16H,3-4,7H2,1-2H3,(H,17,18). The average Bonchev–Trinajstić information content (AvgIpc) is 2.88. The molecular weight excluding hydrogens is 294 g/mol. The Labute approximate surface area is 124 Å². The second-order valence-corrected chi connectivity index (χ2v) is 7.44. The molecule has 0 radical (unpaired) electrons. The van der Waals surface area contributed by atoms with E-state index in [1.165, 1.54) is 10.4 Å². The van der Waals surface area contributed by atoms with Gasteiger partial charge in [-0.1, -0.05) is 13.8 Å². The van der Waals surface area contributed by atoms with Gasteiger partial charge in [0.05, 0.1) is 4.90 Å². The van der Waals surface area contributed by atoms with Gasteiger partial charge in [-0.25, -0.2) is 13.2 Å². The van der Waals surface area contributed by atoms with E-state index in [0.29, 0.717) is 6.54 Å². The highest BCUT2D eigenvalue weighted by Crippen LogP contribution is 2.31. The third kappa shape index (κ3) is 2.89. The molecule has 1 saturated heterocycles. The summed E-state index contributed by atoms with van der Waals surface area (Å²) in [6, 6.07) is 3.30. The van der Waals surface area contributed by atoms with Crippen molar-refractivity contribution in [3.05, 3.63) is 23.8 Å². The Morgan fingerprint density at radius 2 is 2.05 bits per heavy atom. The van der Waals surface area contributed by atoms with E-state index >= 15 is 0 Å². The fourth-order valence-corrected chi connectivity index (χ4v) is 4.57. The van der Waals surface area contributed by atoms with Crippen LogP contribution in [0.15, 0.2) is 23.1 Å². The van der Waals surface area contributed by atoms with Crippen molar-refractivity contribution in [1.29, 1.82) is 0 Å². The number of benzene rings is 1.